The van der Waals surface area contributed by atoms with Crippen molar-refractivity contribution < 1.29 is 14.3 Å². The van der Waals surface area contributed by atoms with Crippen molar-refractivity contribution >= 4 is 5.91 Å². The van der Waals surface area contributed by atoms with Crippen molar-refractivity contribution in [3.63, 3.8) is 0 Å². The molecule has 0 aliphatic rings. The van der Waals surface area contributed by atoms with Crippen molar-refractivity contribution in [1.29, 1.82) is 0 Å². The van der Waals surface area contributed by atoms with Gasteiger partial charge in [-0.1, -0.05) is 6.07 Å². The second kappa shape index (κ2) is 4.68. The van der Waals surface area contributed by atoms with Gasteiger partial charge in [-0.25, -0.2) is 0 Å². The molecule has 4 nitrogen and oxygen atoms in total. The lowest BCUT2D eigenvalue weighted by Gasteiger charge is -2.13. The topological polar surface area (TPSA) is 47.6 Å². The molecule has 0 saturated carbocycles. The summed E-state index contributed by atoms with van der Waals surface area (Å²) in [7, 11) is 4.65. The van der Waals surface area contributed by atoms with E-state index in [0.29, 0.717) is 17.1 Å². The van der Waals surface area contributed by atoms with Crippen LogP contribution in [0.5, 0.6) is 11.5 Å². The van der Waals surface area contributed by atoms with E-state index >= 15 is 0 Å². The third-order valence-electron chi connectivity index (χ3n) is 2.19. The van der Waals surface area contributed by atoms with Crippen LogP contribution in [-0.4, -0.2) is 27.2 Å². The van der Waals surface area contributed by atoms with Gasteiger partial charge in [-0.2, -0.15) is 0 Å². The number of ether oxygens (including phenoxy) is 2. The Balaban J connectivity index is 3.35. The summed E-state index contributed by atoms with van der Waals surface area (Å²) in [5, 5.41) is 2.55. The summed E-state index contributed by atoms with van der Waals surface area (Å²) >= 11 is 0. The normalized spacial score (nSPS) is 9.60. The number of amides is 1. The van der Waals surface area contributed by atoms with E-state index < -0.39 is 0 Å². The Morgan fingerprint density at radius 2 is 1.80 bits per heavy atom. The molecule has 1 N–H and O–H groups in total. The second-order valence-corrected chi connectivity index (χ2v) is 3.08. The molecule has 0 aliphatic carbocycles. The van der Waals surface area contributed by atoms with E-state index in [2.05, 4.69) is 5.32 Å². The molecule has 0 heterocycles. The maximum Gasteiger partial charge on any atom is 0.254 e. The molecule has 0 aromatic heterocycles. The predicted molar refractivity (Wildman–Crippen MR) is 57.7 cm³/mol. The summed E-state index contributed by atoms with van der Waals surface area (Å²) in [4.78, 5) is 11.5. The fourth-order valence-corrected chi connectivity index (χ4v) is 1.43. The number of hydrogen-bond donors (Lipinski definition) is 1. The molecule has 0 bridgehead atoms. The maximum absolute atomic E-state index is 11.5. The minimum atomic E-state index is -0.190. The third-order valence-corrected chi connectivity index (χ3v) is 2.19. The lowest BCUT2D eigenvalue weighted by molar-refractivity contribution is 0.0959. The van der Waals surface area contributed by atoms with Crippen LogP contribution in [0, 0.1) is 6.92 Å². The number of benzene rings is 1. The van der Waals surface area contributed by atoms with E-state index in [1.54, 1.807) is 20.2 Å². The fourth-order valence-electron chi connectivity index (χ4n) is 1.43. The first-order valence-corrected chi connectivity index (χ1v) is 4.59. The van der Waals surface area contributed by atoms with Gasteiger partial charge in [0.25, 0.3) is 5.91 Å². The lowest BCUT2D eigenvalue weighted by atomic mass is 10.1. The van der Waals surface area contributed by atoms with E-state index in [-0.39, 0.29) is 5.91 Å². The highest BCUT2D eigenvalue weighted by atomic mass is 16.5. The summed E-state index contributed by atoms with van der Waals surface area (Å²) in [5.74, 6) is 0.876. The standard InChI is InChI=1S/C11H15NO3/c1-7-5-6-8(11(13)12-2)10(15-4)9(7)14-3/h5-6H,1-4H3,(H,12,13). The van der Waals surface area contributed by atoms with E-state index in [1.807, 2.05) is 13.0 Å². The van der Waals surface area contributed by atoms with Crippen molar-refractivity contribution in [2.75, 3.05) is 21.3 Å². The summed E-state index contributed by atoms with van der Waals surface area (Å²) in [6.45, 7) is 1.90. The summed E-state index contributed by atoms with van der Waals surface area (Å²) < 4.78 is 10.4. The number of carbonyl (C=O) groups excluding carboxylic acids is 1. The Bertz CT molecular complexity index is 374. The van der Waals surface area contributed by atoms with E-state index in [4.69, 9.17) is 9.47 Å². The molecule has 0 saturated heterocycles. The number of aryl methyl sites for hydroxylation is 1. The molecular weight excluding hydrogens is 194 g/mol. The van der Waals surface area contributed by atoms with Gasteiger partial charge in [0.1, 0.15) is 0 Å². The van der Waals surface area contributed by atoms with Crippen LogP contribution < -0.4 is 14.8 Å². The van der Waals surface area contributed by atoms with E-state index in [0.717, 1.165) is 5.56 Å². The van der Waals surface area contributed by atoms with Gasteiger partial charge in [0, 0.05) is 7.05 Å². The highest BCUT2D eigenvalue weighted by molar-refractivity contribution is 5.97. The van der Waals surface area contributed by atoms with Crippen LogP contribution in [-0.2, 0) is 0 Å². The first kappa shape index (κ1) is 11.4. The number of rotatable bonds is 3. The summed E-state index contributed by atoms with van der Waals surface area (Å²) in [6.07, 6.45) is 0. The van der Waals surface area contributed by atoms with Gasteiger partial charge in [0.2, 0.25) is 0 Å². The van der Waals surface area contributed by atoms with Gasteiger partial charge in [0.05, 0.1) is 19.8 Å². The van der Waals surface area contributed by atoms with Crippen LogP contribution in [0.25, 0.3) is 0 Å². The Kier molecular flexibility index (Phi) is 3.55. The average Bonchev–Trinajstić information content (AvgIpc) is 2.27. The smallest absolute Gasteiger partial charge is 0.254 e. The van der Waals surface area contributed by atoms with Gasteiger partial charge in [-0.3, -0.25) is 4.79 Å². The zero-order valence-electron chi connectivity index (χ0n) is 9.38. The Hall–Kier alpha value is -1.71. The van der Waals surface area contributed by atoms with Crippen LogP contribution in [0.2, 0.25) is 0 Å². The highest BCUT2D eigenvalue weighted by Crippen LogP contribution is 2.34. The molecule has 0 unspecified atom stereocenters. The molecule has 82 valence electrons. The Labute approximate surface area is 89.2 Å². The molecule has 0 spiro atoms. The van der Waals surface area contributed by atoms with Crippen molar-refractivity contribution in [3.05, 3.63) is 23.3 Å². The van der Waals surface area contributed by atoms with Crippen LogP contribution in [0.3, 0.4) is 0 Å². The third kappa shape index (κ3) is 2.03. The molecule has 0 fully saturated rings. The Morgan fingerprint density at radius 3 is 2.27 bits per heavy atom. The molecule has 1 rings (SSSR count). The molecule has 4 heteroatoms. The number of hydrogen-bond acceptors (Lipinski definition) is 3. The number of nitrogens with one attached hydrogen (secondary N) is 1. The Morgan fingerprint density at radius 1 is 1.20 bits per heavy atom. The fraction of sp³-hybridized carbons (Fsp3) is 0.364. The van der Waals surface area contributed by atoms with Crippen LogP contribution in [0.15, 0.2) is 12.1 Å². The summed E-state index contributed by atoms with van der Waals surface area (Å²) in [6, 6.07) is 3.54. The first-order valence-electron chi connectivity index (χ1n) is 4.59. The molecule has 0 atom stereocenters. The van der Waals surface area contributed by atoms with E-state index in [9.17, 15) is 4.79 Å². The molecule has 0 radical (unpaired) electrons. The number of methoxy groups -OCH3 is 2. The zero-order chi connectivity index (χ0) is 11.4. The molecular formula is C11H15NO3. The van der Waals surface area contributed by atoms with Crippen molar-refractivity contribution in [2.45, 2.75) is 6.92 Å². The van der Waals surface area contributed by atoms with E-state index in [1.165, 1.54) is 7.11 Å². The lowest BCUT2D eigenvalue weighted by Crippen LogP contribution is -2.19. The van der Waals surface area contributed by atoms with Crippen molar-refractivity contribution in [1.82, 2.24) is 5.32 Å². The second-order valence-electron chi connectivity index (χ2n) is 3.08. The van der Waals surface area contributed by atoms with Gasteiger partial charge in [-0.05, 0) is 18.6 Å². The largest absolute Gasteiger partial charge is 0.493 e. The van der Waals surface area contributed by atoms with Gasteiger partial charge in [-0.15, -0.1) is 0 Å². The molecule has 1 aromatic carbocycles. The predicted octanol–water partition coefficient (Wildman–Crippen LogP) is 1.37. The van der Waals surface area contributed by atoms with Crippen LogP contribution in [0.4, 0.5) is 0 Å². The van der Waals surface area contributed by atoms with Gasteiger partial charge < -0.3 is 14.8 Å². The van der Waals surface area contributed by atoms with Gasteiger partial charge >= 0.3 is 0 Å². The average molecular weight is 209 g/mol. The first-order chi connectivity index (χ1) is 7.15. The molecule has 1 amide bonds. The van der Waals surface area contributed by atoms with Crippen LogP contribution in [0.1, 0.15) is 15.9 Å². The summed E-state index contributed by atoms with van der Waals surface area (Å²) in [5.41, 5.74) is 1.41. The number of carbonyl (C=O) groups is 1. The van der Waals surface area contributed by atoms with Crippen LogP contribution >= 0.6 is 0 Å². The highest BCUT2D eigenvalue weighted by Gasteiger charge is 2.16. The quantitative estimate of drug-likeness (QED) is 0.818. The molecule has 15 heavy (non-hydrogen) atoms. The van der Waals surface area contributed by atoms with Crippen molar-refractivity contribution in [2.24, 2.45) is 0 Å². The molecule has 0 aliphatic heterocycles. The minimum absolute atomic E-state index is 0.190. The van der Waals surface area contributed by atoms with Gasteiger partial charge in [0.15, 0.2) is 11.5 Å². The zero-order valence-corrected chi connectivity index (χ0v) is 9.38. The minimum Gasteiger partial charge on any atom is -0.493 e. The maximum atomic E-state index is 11.5. The monoisotopic (exact) mass is 209 g/mol. The SMILES string of the molecule is CNC(=O)c1ccc(C)c(OC)c1OC. The molecule has 1 aromatic rings. The van der Waals surface area contributed by atoms with Crippen molar-refractivity contribution in [3.8, 4) is 11.5 Å².